The predicted molar refractivity (Wildman–Crippen MR) is 78.3 cm³/mol. The van der Waals surface area contributed by atoms with E-state index in [9.17, 15) is 13.4 Å². The molecule has 0 fully saturated rings. The maximum atomic E-state index is 12.3. The predicted octanol–water partition coefficient (Wildman–Crippen LogP) is -0.318. The second kappa shape index (κ2) is 5.03. The first-order chi connectivity index (χ1) is 9.97. The van der Waals surface area contributed by atoms with Gasteiger partial charge in [0.15, 0.2) is 0 Å². The van der Waals surface area contributed by atoms with E-state index in [-0.39, 0.29) is 10.6 Å². The topological polar surface area (TPSA) is 115 Å². The minimum Gasteiger partial charge on any atom is -0.423 e. The van der Waals surface area contributed by atoms with Crippen molar-refractivity contribution in [1.82, 2.24) is 4.98 Å². The number of pyridine rings is 1. The van der Waals surface area contributed by atoms with Crippen LogP contribution in [0.25, 0.3) is 0 Å². The number of fused-ring (bicyclic) bond motifs is 1. The average molecular weight is 305 g/mol. The number of rotatable bonds is 3. The van der Waals surface area contributed by atoms with Gasteiger partial charge in [-0.2, -0.15) is 0 Å². The molecule has 1 aromatic heterocycles. The van der Waals surface area contributed by atoms with Crippen molar-refractivity contribution in [3.05, 3.63) is 42.2 Å². The number of hydrogen-bond acceptors (Lipinski definition) is 6. The summed E-state index contributed by atoms with van der Waals surface area (Å²) < 4.78 is 32.0. The van der Waals surface area contributed by atoms with Crippen LogP contribution in [0.3, 0.4) is 0 Å². The Bertz CT molecular complexity index is 797. The van der Waals surface area contributed by atoms with Gasteiger partial charge in [0.2, 0.25) is 0 Å². The lowest BCUT2D eigenvalue weighted by Crippen LogP contribution is -2.28. The standard InChI is InChI=1S/C12H12BN3O4S/c14-11-3-4-15-6-12(11)21(18,19)16-9-2-1-8-7-20-13(17)10(8)5-9/h1-6,16-17H,7H2,(H2,14,15). The quantitative estimate of drug-likeness (QED) is 0.670. The third-order valence-electron chi connectivity index (χ3n) is 3.17. The molecule has 0 saturated carbocycles. The normalized spacial score (nSPS) is 14.0. The fourth-order valence-electron chi connectivity index (χ4n) is 2.10. The van der Waals surface area contributed by atoms with Crippen molar-refractivity contribution in [3.63, 3.8) is 0 Å². The van der Waals surface area contributed by atoms with Gasteiger partial charge in [-0.3, -0.25) is 9.71 Å². The summed E-state index contributed by atoms with van der Waals surface area (Å²) in [5, 5.41) is 9.64. The Kier molecular flexibility index (Phi) is 3.32. The molecule has 0 radical (unpaired) electrons. The molecule has 0 saturated heterocycles. The van der Waals surface area contributed by atoms with E-state index in [2.05, 4.69) is 9.71 Å². The van der Waals surface area contributed by atoms with Gasteiger partial charge in [0.05, 0.1) is 12.3 Å². The molecule has 0 aliphatic carbocycles. The highest BCUT2D eigenvalue weighted by atomic mass is 32.2. The summed E-state index contributed by atoms with van der Waals surface area (Å²) >= 11 is 0. The number of benzene rings is 1. The third kappa shape index (κ3) is 2.58. The summed E-state index contributed by atoms with van der Waals surface area (Å²) in [5.74, 6) is 0. The van der Waals surface area contributed by atoms with E-state index in [4.69, 9.17) is 10.4 Å². The Morgan fingerprint density at radius 2 is 2.19 bits per heavy atom. The van der Waals surface area contributed by atoms with Crippen molar-refractivity contribution >= 4 is 34.0 Å². The molecule has 7 nitrogen and oxygen atoms in total. The number of hydrogen-bond donors (Lipinski definition) is 3. The number of aromatic nitrogens is 1. The molecule has 1 aromatic carbocycles. The molecule has 0 spiro atoms. The number of anilines is 2. The molecule has 0 atom stereocenters. The molecule has 1 aliphatic rings. The first-order valence-corrected chi connectivity index (χ1v) is 7.60. The lowest BCUT2D eigenvalue weighted by molar-refractivity contribution is 0.275. The molecule has 1 aliphatic heterocycles. The fraction of sp³-hybridized carbons (Fsp3) is 0.0833. The number of nitrogens with one attached hydrogen (secondary N) is 1. The maximum Gasteiger partial charge on any atom is 0.491 e. The second-order valence-corrected chi connectivity index (χ2v) is 6.25. The van der Waals surface area contributed by atoms with Gasteiger partial charge < -0.3 is 15.4 Å². The summed E-state index contributed by atoms with van der Waals surface area (Å²) in [6, 6.07) is 6.26. The van der Waals surface area contributed by atoms with Crippen LogP contribution in [0.2, 0.25) is 0 Å². The number of nitrogen functional groups attached to an aromatic ring is 1. The van der Waals surface area contributed by atoms with E-state index in [1.807, 2.05) is 0 Å². The molecular formula is C12H12BN3O4S. The molecule has 2 aromatic rings. The van der Waals surface area contributed by atoms with Crippen LogP contribution >= 0.6 is 0 Å². The molecule has 0 bridgehead atoms. The van der Waals surface area contributed by atoms with Gasteiger partial charge in [0.1, 0.15) is 4.90 Å². The highest BCUT2D eigenvalue weighted by Crippen LogP contribution is 2.21. The zero-order valence-electron chi connectivity index (χ0n) is 10.9. The van der Waals surface area contributed by atoms with Gasteiger partial charge in [-0.1, -0.05) is 6.07 Å². The smallest absolute Gasteiger partial charge is 0.423 e. The van der Waals surface area contributed by atoms with E-state index < -0.39 is 17.1 Å². The lowest BCUT2D eigenvalue weighted by atomic mass is 9.79. The van der Waals surface area contributed by atoms with Gasteiger partial charge in [-0.05, 0) is 29.2 Å². The SMILES string of the molecule is Nc1ccncc1S(=O)(=O)Nc1ccc2c(c1)B(O)OC2. The summed E-state index contributed by atoms with van der Waals surface area (Å²) in [4.78, 5) is 3.67. The van der Waals surface area contributed by atoms with Gasteiger partial charge in [0, 0.05) is 18.1 Å². The molecule has 2 heterocycles. The highest BCUT2D eigenvalue weighted by molar-refractivity contribution is 7.92. The Balaban J connectivity index is 1.94. The van der Waals surface area contributed by atoms with E-state index in [1.54, 1.807) is 12.1 Å². The Hall–Kier alpha value is -2.10. The average Bonchev–Trinajstić information content (AvgIpc) is 2.80. The van der Waals surface area contributed by atoms with Crippen molar-refractivity contribution in [3.8, 4) is 0 Å². The van der Waals surface area contributed by atoms with Gasteiger partial charge >= 0.3 is 7.12 Å². The van der Waals surface area contributed by atoms with Crippen LogP contribution in [-0.2, 0) is 21.3 Å². The monoisotopic (exact) mass is 305 g/mol. The molecule has 4 N–H and O–H groups in total. The van der Waals surface area contributed by atoms with E-state index in [0.717, 1.165) is 5.56 Å². The van der Waals surface area contributed by atoms with Gasteiger partial charge in [-0.25, -0.2) is 8.42 Å². The Labute approximate surface area is 122 Å². The minimum absolute atomic E-state index is 0.0951. The molecule has 9 heteroatoms. The summed E-state index contributed by atoms with van der Waals surface area (Å²) in [7, 11) is -4.87. The fourth-order valence-corrected chi connectivity index (χ4v) is 3.23. The van der Waals surface area contributed by atoms with Crippen molar-refractivity contribution in [2.45, 2.75) is 11.5 Å². The van der Waals surface area contributed by atoms with Crippen molar-refractivity contribution in [2.75, 3.05) is 10.5 Å². The van der Waals surface area contributed by atoms with Crippen molar-refractivity contribution in [1.29, 1.82) is 0 Å². The van der Waals surface area contributed by atoms with E-state index >= 15 is 0 Å². The zero-order valence-corrected chi connectivity index (χ0v) is 11.7. The lowest BCUT2D eigenvalue weighted by Gasteiger charge is -2.10. The van der Waals surface area contributed by atoms with Crippen molar-refractivity contribution < 1.29 is 18.1 Å². The first-order valence-electron chi connectivity index (χ1n) is 6.12. The van der Waals surface area contributed by atoms with Crippen molar-refractivity contribution in [2.24, 2.45) is 0 Å². The van der Waals surface area contributed by atoms with Crippen LogP contribution < -0.4 is 15.9 Å². The van der Waals surface area contributed by atoms with Crippen LogP contribution in [0.15, 0.2) is 41.6 Å². The van der Waals surface area contributed by atoms with Crippen LogP contribution in [0.5, 0.6) is 0 Å². The molecule has 3 rings (SSSR count). The van der Waals surface area contributed by atoms with Gasteiger partial charge in [0.25, 0.3) is 10.0 Å². The minimum atomic E-state index is -3.84. The molecule has 21 heavy (non-hydrogen) atoms. The largest absolute Gasteiger partial charge is 0.491 e. The first kappa shape index (κ1) is 13.9. The molecule has 108 valence electrons. The van der Waals surface area contributed by atoms with E-state index in [1.165, 1.54) is 24.5 Å². The molecule has 0 unspecified atom stereocenters. The van der Waals surface area contributed by atoms with Crippen LogP contribution in [0.1, 0.15) is 5.56 Å². The molecule has 0 amide bonds. The number of sulfonamides is 1. The second-order valence-electron chi connectivity index (χ2n) is 4.60. The highest BCUT2D eigenvalue weighted by Gasteiger charge is 2.28. The van der Waals surface area contributed by atoms with E-state index in [0.29, 0.717) is 17.8 Å². The Morgan fingerprint density at radius 1 is 1.38 bits per heavy atom. The molecular weight excluding hydrogens is 293 g/mol. The summed E-state index contributed by atoms with van der Waals surface area (Å²) in [5.41, 5.74) is 7.46. The van der Waals surface area contributed by atoms with Crippen LogP contribution in [0.4, 0.5) is 11.4 Å². The van der Waals surface area contributed by atoms with Crippen LogP contribution in [-0.4, -0.2) is 25.5 Å². The van der Waals surface area contributed by atoms with Gasteiger partial charge in [-0.15, -0.1) is 0 Å². The Morgan fingerprint density at radius 3 is 2.95 bits per heavy atom. The summed E-state index contributed by atoms with van der Waals surface area (Å²) in [6.45, 7) is 0.305. The zero-order chi connectivity index (χ0) is 15.0. The maximum absolute atomic E-state index is 12.3. The number of nitrogens with zero attached hydrogens (tertiary/aromatic N) is 1. The van der Waals surface area contributed by atoms with Crippen LogP contribution in [0, 0.1) is 0 Å². The number of nitrogens with two attached hydrogens (primary N) is 1. The third-order valence-corrected chi connectivity index (χ3v) is 4.59. The summed E-state index contributed by atoms with van der Waals surface area (Å²) in [6.07, 6.45) is 2.60.